The summed E-state index contributed by atoms with van der Waals surface area (Å²) < 4.78 is 0. The average Bonchev–Trinajstić information content (AvgIpc) is 2.77. The predicted octanol–water partition coefficient (Wildman–Crippen LogP) is 3.54. The Morgan fingerprint density at radius 2 is 2.35 bits per heavy atom. The van der Waals surface area contributed by atoms with Crippen LogP contribution in [0.4, 0.5) is 0 Å². The van der Waals surface area contributed by atoms with Crippen molar-refractivity contribution in [1.82, 2.24) is 5.32 Å². The van der Waals surface area contributed by atoms with Gasteiger partial charge < -0.3 is 5.32 Å². The number of hydrogen-bond acceptors (Lipinski definition) is 3. The van der Waals surface area contributed by atoms with Crippen LogP contribution >= 0.6 is 11.3 Å². The first-order valence-electron chi connectivity index (χ1n) is 6.47. The van der Waals surface area contributed by atoms with E-state index in [9.17, 15) is 0 Å². The maximum absolute atomic E-state index is 8.75. The van der Waals surface area contributed by atoms with E-state index in [2.05, 4.69) is 24.4 Å². The number of nitrogens with zero attached hydrogens (tertiary/aromatic N) is 1. The largest absolute Gasteiger partial charge is 0.312 e. The van der Waals surface area contributed by atoms with Crippen LogP contribution in [-0.4, -0.2) is 6.54 Å². The second kappa shape index (κ2) is 6.18. The number of hydrogen-bond donors (Lipinski definition) is 1. The second-order valence-electron chi connectivity index (χ2n) is 5.15. The first-order valence-corrected chi connectivity index (χ1v) is 7.29. The van der Waals surface area contributed by atoms with Crippen LogP contribution in [-0.2, 0) is 6.54 Å². The van der Waals surface area contributed by atoms with Gasteiger partial charge in [-0.1, -0.05) is 19.8 Å². The van der Waals surface area contributed by atoms with Gasteiger partial charge in [0.15, 0.2) is 0 Å². The third-order valence-electron chi connectivity index (χ3n) is 3.55. The predicted molar refractivity (Wildman–Crippen MR) is 71.9 cm³/mol. The molecule has 1 fully saturated rings. The summed E-state index contributed by atoms with van der Waals surface area (Å²) in [6.07, 6.45) is 5.56. The van der Waals surface area contributed by atoms with Gasteiger partial charge in [-0.15, -0.1) is 11.3 Å². The van der Waals surface area contributed by atoms with E-state index in [0.29, 0.717) is 0 Å². The minimum absolute atomic E-state index is 0.813. The van der Waals surface area contributed by atoms with Gasteiger partial charge in [-0.25, -0.2) is 0 Å². The molecule has 1 heterocycles. The molecule has 1 aromatic rings. The highest BCUT2D eigenvalue weighted by atomic mass is 32.1. The molecule has 2 rings (SSSR count). The lowest BCUT2D eigenvalue weighted by Gasteiger charge is -2.26. The van der Waals surface area contributed by atoms with E-state index >= 15 is 0 Å². The molecule has 0 amide bonds. The molecule has 1 aliphatic carbocycles. The molecule has 2 nitrogen and oxygen atoms in total. The van der Waals surface area contributed by atoms with Gasteiger partial charge in [-0.2, -0.15) is 5.26 Å². The standard InChI is InChI=1S/C14H20N2S/c1-11-3-2-4-12(7-11)9-16-10-14-6-5-13(8-15)17-14/h5-6,11-12,16H,2-4,7,9-10H2,1H3. The fourth-order valence-corrected chi connectivity index (χ4v) is 3.45. The Balaban J connectivity index is 1.70. The maximum Gasteiger partial charge on any atom is 0.110 e. The van der Waals surface area contributed by atoms with Crippen LogP contribution < -0.4 is 5.32 Å². The second-order valence-corrected chi connectivity index (χ2v) is 6.31. The Bertz CT molecular complexity index is 391. The molecule has 0 spiro atoms. The summed E-state index contributed by atoms with van der Waals surface area (Å²) in [5.41, 5.74) is 0. The molecule has 0 radical (unpaired) electrons. The van der Waals surface area contributed by atoms with Crippen molar-refractivity contribution in [2.75, 3.05) is 6.54 Å². The Hall–Kier alpha value is -0.850. The van der Waals surface area contributed by atoms with E-state index in [1.54, 1.807) is 11.3 Å². The minimum atomic E-state index is 0.813. The summed E-state index contributed by atoms with van der Waals surface area (Å²) >= 11 is 1.60. The van der Waals surface area contributed by atoms with Crippen molar-refractivity contribution in [3.8, 4) is 6.07 Å². The molecule has 3 heteroatoms. The van der Waals surface area contributed by atoms with Crippen molar-refractivity contribution >= 4 is 11.3 Å². The molecule has 0 aromatic carbocycles. The van der Waals surface area contributed by atoms with Crippen LogP contribution in [0.1, 0.15) is 42.4 Å². The van der Waals surface area contributed by atoms with Crippen molar-refractivity contribution in [3.63, 3.8) is 0 Å². The fourth-order valence-electron chi connectivity index (χ4n) is 2.68. The zero-order chi connectivity index (χ0) is 12.1. The van der Waals surface area contributed by atoms with Gasteiger partial charge in [-0.3, -0.25) is 0 Å². The van der Waals surface area contributed by atoms with Crippen molar-refractivity contribution in [2.24, 2.45) is 11.8 Å². The van der Waals surface area contributed by atoms with Crippen LogP contribution in [0.15, 0.2) is 12.1 Å². The lowest BCUT2D eigenvalue weighted by Crippen LogP contribution is -2.26. The summed E-state index contributed by atoms with van der Waals surface area (Å²) in [5.74, 6) is 1.76. The van der Waals surface area contributed by atoms with Crippen molar-refractivity contribution in [2.45, 2.75) is 39.2 Å². The zero-order valence-corrected chi connectivity index (χ0v) is 11.2. The van der Waals surface area contributed by atoms with E-state index in [1.165, 1.54) is 30.6 Å². The Morgan fingerprint density at radius 1 is 1.47 bits per heavy atom. The number of thiophene rings is 1. The molecule has 92 valence electrons. The molecular weight excluding hydrogens is 228 g/mol. The molecule has 0 aliphatic heterocycles. The highest BCUT2D eigenvalue weighted by Crippen LogP contribution is 2.28. The topological polar surface area (TPSA) is 35.8 Å². The summed E-state index contributed by atoms with van der Waals surface area (Å²) in [6.45, 7) is 4.41. The van der Waals surface area contributed by atoms with Gasteiger partial charge in [0.2, 0.25) is 0 Å². The van der Waals surface area contributed by atoms with Crippen LogP contribution in [0.2, 0.25) is 0 Å². The smallest absolute Gasteiger partial charge is 0.110 e. The SMILES string of the molecule is CC1CCCC(CNCc2ccc(C#N)s2)C1. The average molecular weight is 248 g/mol. The molecule has 0 bridgehead atoms. The molecule has 2 unspecified atom stereocenters. The van der Waals surface area contributed by atoms with Gasteiger partial charge in [0.05, 0.1) is 0 Å². The van der Waals surface area contributed by atoms with Crippen molar-refractivity contribution in [3.05, 3.63) is 21.9 Å². The Kier molecular flexibility index (Phi) is 4.58. The quantitative estimate of drug-likeness (QED) is 0.884. The monoisotopic (exact) mass is 248 g/mol. The molecule has 1 saturated carbocycles. The van der Waals surface area contributed by atoms with E-state index < -0.39 is 0 Å². The van der Waals surface area contributed by atoms with Crippen LogP contribution in [0.3, 0.4) is 0 Å². The van der Waals surface area contributed by atoms with Gasteiger partial charge in [0.25, 0.3) is 0 Å². The minimum Gasteiger partial charge on any atom is -0.312 e. The Morgan fingerprint density at radius 3 is 3.06 bits per heavy atom. The first kappa shape index (κ1) is 12.6. The highest BCUT2D eigenvalue weighted by Gasteiger charge is 2.18. The molecule has 2 atom stereocenters. The highest BCUT2D eigenvalue weighted by molar-refractivity contribution is 7.12. The van der Waals surface area contributed by atoms with Crippen LogP contribution in [0.25, 0.3) is 0 Å². The Labute approximate surface area is 108 Å². The van der Waals surface area contributed by atoms with E-state index in [1.807, 2.05) is 6.07 Å². The lowest BCUT2D eigenvalue weighted by molar-refractivity contribution is 0.274. The van der Waals surface area contributed by atoms with E-state index in [0.717, 1.165) is 29.8 Å². The van der Waals surface area contributed by atoms with Crippen molar-refractivity contribution in [1.29, 1.82) is 5.26 Å². The summed E-state index contributed by atoms with van der Waals surface area (Å²) in [5, 5.41) is 12.3. The molecule has 1 aromatic heterocycles. The van der Waals surface area contributed by atoms with Gasteiger partial charge in [-0.05, 0) is 43.4 Å². The summed E-state index contributed by atoms with van der Waals surface area (Å²) in [6, 6.07) is 6.15. The van der Waals surface area contributed by atoms with E-state index in [-0.39, 0.29) is 0 Å². The third-order valence-corrected chi connectivity index (χ3v) is 4.54. The van der Waals surface area contributed by atoms with Gasteiger partial charge in [0.1, 0.15) is 10.9 Å². The number of nitrogens with one attached hydrogen (secondary N) is 1. The maximum atomic E-state index is 8.75. The number of rotatable bonds is 4. The summed E-state index contributed by atoms with van der Waals surface area (Å²) in [7, 11) is 0. The molecule has 0 saturated heterocycles. The van der Waals surface area contributed by atoms with E-state index in [4.69, 9.17) is 5.26 Å². The number of nitriles is 1. The molecule has 1 N–H and O–H groups in total. The summed E-state index contributed by atoms with van der Waals surface area (Å²) in [4.78, 5) is 2.08. The molecule has 1 aliphatic rings. The lowest BCUT2D eigenvalue weighted by atomic mass is 9.82. The van der Waals surface area contributed by atoms with Gasteiger partial charge >= 0.3 is 0 Å². The van der Waals surface area contributed by atoms with Crippen LogP contribution in [0.5, 0.6) is 0 Å². The van der Waals surface area contributed by atoms with Gasteiger partial charge in [0, 0.05) is 11.4 Å². The third kappa shape index (κ3) is 3.83. The van der Waals surface area contributed by atoms with Crippen LogP contribution in [0, 0.1) is 23.2 Å². The normalized spacial score (nSPS) is 24.5. The molecular formula is C14H20N2S. The first-order chi connectivity index (χ1) is 8.28. The zero-order valence-electron chi connectivity index (χ0n) is 10.4. The fraction of sp³-hybridized carbons (Fsp3) is 0.643. The van der Waals surface area contributed by atoms with Crippen molar-refractivity contribution < 1.29 is 0 Å². The molecule has 17 heavy (non-hydrogen) atoms.